The zero-order chi connectivity index (χ0) is 17.1. The van der Waals surface area contributed by atoms with Crippen molar-refractivity contribution in [3.05, 3.63) is 58.6 Å². The van der Waals surface area contributed by atoms with E-state index in [4.69, 9.17) is 4.42 Å². The molecule has 0 bridgehead atoms. The molecular formula is C17H15N3O4. The van der Waals surface area contributed by atoms with Crippen LogP contribution in [-0.2, 0) is 16.0 Å². The number of hydrogen-bond donors (Lipinski definition) is 3. The lowest BCUT2D eigenvalue weighted by Gasteiger charge is -2.08. The van der Waals surface area contributed by atoms with E-state index >= 15 is 0 Å². The van der Waals surface area contributed by atoms with E-state index in [-0.39, 0.29) is 18.2 Å². The number of anilines is 2. The van der Waals surface area contributed by atoms with Crippen molar-refractivity contribution in [1.29, 1.82) is 0 Å². The van der Waals surface area contributed by atoms with Gasteiger partial charge in [-0.2, -0.15) is 0 Å². The van der Waals surface area contributed by atoms with Crippen LogP contribution in [0.5, 0.6) is 0 Å². The molecule has 1 aromatic heterocycles. The molecule has 0 aliphatic carbocycles. The minimum absolute atomic E-state index is 0.146. The molecule has 3 N–H and O–H groups in total. The van der Waals surface area contributed by atoms with Crippen molar-refractivity contribution in [2.45, 2.75) is 13.3 Å². The number of carbonyl (C=O) groups is 2. The summed E-state index contributed by atoms with van der Waals surface area (Å²) in [6, 6.07) is 12.0. The molecule has 3 aromatic rings. The Morgan fingerprint density at radius 2 is 1.83 bits per heavy atom. The average molecular weight is 325 g/mol. The van der Waals surface area contributed by atoms with Crippen LogP contribution in [0.4, 0.5) is 11.4 Å². The molecule has 0 radical (unpaired) electrons. The molecule has 0 fully saturated rings. The van der Waals surface area contributed by atoms with E-state index in [1.54, 1.807) is 42.5 Å². The van der Waals surface area contributed by atoms with Gasteiger partial charge in [-0.1, -0.05) is 12.1 Å². The fourth-order valence-electron chi connectivity index (χ4n) is 2.38. The molecule has 2 amide bonds. The van der Waals surface area contributed by atoms with Gasteiger partial charge in [-0.25, -0.2) is 4.79 Å². The molecule has 0 unspecified atom stereocenters. The first-order valence-electron chi connectivity index (χ1n) is 7.29. The molecular weight excluding hydrogens is 310 g/mol. The number of nitrogens with one attached hydrogen (secondary N) is 3. The molecule has 0 spiro atoms. The molecule has 0 saturated carbocycles. The number of H-pyrrole nitrogens is 1. The lowest BCUT2D eigenvalue weighted by molar-refractivity contribution is -0.115. The van der Waals surface area contributed by atoms with E-state index in [1.807, 2.05) is 0 Å². The molecule has 1 heterocycles. The lowest BCUT2D eigenvalue weighted by atomic mass is 10.1. The van der Waals surface area contributed by atoms with Gasteiger partial charge in [-0.15, -0.1) is 0 Å². The van der Waals surface area contributed by atoms with Crippen LogP contribution in [0.2, 0.25) is 0 Å². The third-order valence-corrected chi connectivity index (χ3v) is 3.31. The van der Waals surface area contributed by atoms with Crippen LogP contribution in [0.1, 0.15) is 12.5 Å². The van der Waals surface area contributed by atoms with E-state index in [0.29, 0.717) is 22.5 Å². The van der Waals surface area contributed by atoms with Crippen LogP contribution in [0.3, 0.4) is 0 Å². The summed E-state index contributed by atoms with van der Waals surface area (Å²) in [4.78, 5) is 36.9. The second-order valence-electron chi connectivity index (χ2n) is 5.33. The normalized spacial score (nSPS) is 10.5. The van der Waals surface area contributed by atoms with Gasteiger partial charge in [0.1, 0.15) is 0 Å². The number of oxazole rings is 1. The van der Waals surface area contributed by atoms with Gasteiger partial charge >= 0.3 is 5.76 Å². The summed E-state index contributed by atoms with van der Waals surface area (Å²) >= 11 is 0. The van der Waals surface area contributed by atoms with Crippen molar-refractivity contribution in [3.8, 4) is 0 Å². The second-order valence-corrected chi connectivity index (χ2v) is 5.33. The lowest BCUT2D eigenvalue weighted by Crippen LogP contribution is -2.14. The number of hydrogen-bond acceptors (Lipinski definition) is 4. The Morgan fingerprint density at radius 3 is 2.58 bits per heavy atom. The molecule has 0 aliphatic rings. The Morgan fingerprint density at radius 1 is 1.08 bits per heavy atom. The SMILES string of the molecule is CC(=O)Nc1cccc(NC(=O)Cc2ccc3oc(=O)[nH]c3c2)c1. The van der Waals surface area contributed by atoms with Gasteiger partial charge in [0.2, 0.25) is 11.8 Å². The highest BCUT2D eigenvalue weighted by Crippen LogP contribution is 2.16. The van der Waals surface area contributed by atoms with Crippen molar-refractivity contribution >= 4 is 34.3 Å². The van der Waals surface area contributed by atoms with Crippen molar-refractivity contribution in [3.63, 3.8) is 0 Å². The summed E-state index contributed by atoms with van der Waals surface area (Å²) in [5.74, 6) is -0.914. The molecule has 122 valence electrons. The minimum atomic E-state index is -0.526. The molecule has 3 rings (SSSR count). The van der Waals surface area contributed by atoms with E-state index in [9.17, 15) is 14.4 Å². The largest absolute Gasteiger partial charge is 0.417 e. The predicted molar refractivity (Wildman–Crippen MR) is 89.9 cm³/mol. The third kappa shape index (κ3) is 3.70. The highest BCUT2D eigenvalue weighted by atomic mass is 16.4. The molecule has 0 saturated heterocycles. The van der Waals surface area contributed by atoms with Gasteiger partial charge in [0, 0.05) is 18.3 Å². The van der Waals surface area contributed by atoms with Crippen LogP contribution in [-0.4, -0.2) is 16.8 Å². The molecule has 7 heteroatoms. The fraction of sp³-hybridized carbons (Fsp3) is 0.118. The number of fused-ring (bicyclic) bond motifs is 1. The van der Waals surface area contributed by atoms with Gasteiger partial charge in [0.15, 0.2) is 5.58 Å². The first kappa shape index (κ1) is 15.5. The summed E-state index contributed by atoms with van der Waals surface area (Å²) < 4.78 is 4.92. The number of amides is 2. The van der Waals surface area contributed by atoms with Gasteiger partial charge in [0.05, 0.1) is 11.9 Å². The summed E-state index contributed by atoms with van der Waals surface area (Å²) in [5, 5.41) is 5.43. The van der Waals surface area contributed by atoms with Gasteiger partial charge in [0.25, 0.3) is 0 Å². The topological polar surface area (TPSA) is 104 Å². The van der Waals surface area contributed by atoms with Crippen LogP contribution >= 0.6 is 0 Å². The number of rotatable bonds is 4. The molecule has 24 heavy (non-hydrogen) atoms. The van der Waals surface area contributed by atoms with Crippen LogP contribution in [0, 0.1) is 0 Å². The summed E-state index contributed by atoms with van der Waals surface area (Å²) in [6.07, 6.45) is 0.146. The first-order valence-corrected chi connectivity index (χ1v) is 7.29. The van der Waals surface area contributed by atoms with Crippen molar-refractivity contribution in [2.75, 3.05) is 10.6 Å². The quantitative estimate of drug-likeness (QED) is 0.684. The number of benzene rings is 2. The van der Waals surface area contributed by atoms with E-state index in [1.165, 1.54) is 6.92 Å². The van der Waals surface area contributed by atoms with Crippen LogP contribution < -0.4 is 16.4 Å². The summed E-state index contributed by atoms with van der Waals surface area (Å²) in [6.45, 7) is 1.42. The number of aromatic nitrogens is 1. The fourth-order valence-corrected chi connectivity index (χ4v) is 2.38. The van der Waals surface area contributed by atoms with Gasteiger partial charge < -0.3 is 15.1 Å². The second kappa shape index (κ2) is 6.41. The highest BCUT2D eigenvalue weighted by Gasteiger charge is 2.08. The van der Waals surface area contributed by atoms with E-state index in [2.05, 4.69) is 15.6 Å². The van der Waals surface area contributed by atoms with E-state index in [0.717, 1.165) is 5.56 Å². The van der Waals surface area contributed by atoms with Gasteiger partial charge in [-0.05, 0) is 35.9 Å². The summed E-state index contributed by atoms with van der Waals surface area (Å²) in [5.41, 5.74) is 2.95. The monoisotopic (exact) mass is 325 g/mol. The molecule has 7 nitrogen and oxygen atoms in total. The number of aromatic amines is 1. The molecule has 0 aliphatic heterocycles. The van der Waals surface area contributed by atoms with Crippen LogP contribution in [0.25, 0.3) is 11.1 Å². The highest BCUT2D eigenvalue weighted by molar-refractivity contribution is 5.94. The number of carbonyl (C=O) groups excluding carboxylic acids is 2. The third-order valence-electron chi connectivity index (χ3n) is 3.31. The zero-order valence-corrected chi connectivity index (χ0v) is 12.9. The Labute approximate surface area is 136 Å². The molecule has 2 aromatic carbocycles. The first-order chi connectivity index (χ1) is 11.5. The Hall–Kier alpha value is -3.35. The smallest absolute Gasteiger partial charge is 0.408 e. The van der Waals surface area contributed by atoms with Crippen molar-refractivity contribution in [2.24, 2.45) is 0 Å². The summed E-state index contributed by atoms with van der Waals surface area (Å²) in [7, 11) is 0. The maximum Gasteiger partial charge on any atom is 0.417 e. The van der Waals surface area contributed by atoms with Crippen molar-refractivity contribution < 1.29 is 14.0 Å². The predicted octanol–water partition coefficient (Wildman–Crippen LogP) is 2.26. The van der Waals surface area contributed by atoms with Crippen LogP contribution in [0.15, 0.2) is 51.7 Å². The standard InChI is InChI=1S/C17H15N3O4/c1-10(21)18-12-3-2-4-13(9-12)19-16(22)8-11-5-6-15-14(7-11)20-17(23)24-15/h2-7,9H,8H2,1H3,(H,18,21)(H,19,22)(H,20,23). The Bertz CT molecular complexity index is 971. The van der Waals surface area contributed by atoms with E-state index < -0.39 is 5.76 Å². The maximum absolute atomic E-state index is 12.2. The van der Waals surface area contributed by atoms with Gasteiger partial charge in [-0.3, -0.25) is 14.6 Å². The van der Waals surface area contributed by atoms with Crippen molar-refractivity contribution in [1.82, 2.24) is 4.98 Å². The molecule has 0 atom stereocenters. The average Bonchev–Trinajstić information content (AvgIpc) is 2.86. The maximum atomic E-state index is 12.2. The zero-order valence-electron chi connectivity index (χ0n) is 12.9. The Balaban J connectivity index is 1.70. The Kier molecular flexibility index (Phi) is 4.15. The minimum Gasteiger partial charge on any atom is -0.408 e.